The topological polar surface area (TPSA) is 72.0 Å². The molecule has 0 atom stereocenters. The molecule has 1 heterocycles. The van der Waals surface area contributed by atoms with Gasteiger partial charge in [0.2, 0.25) is 5.95 Å². The Morgan fingerprint density at radius 1 is 0.962 bits per heavy atom. The highest BCUT2D eigenvalue weighted by Crippen LogP contribution is 2.22. The second kappa shape index (κ2) is 7.82. The summed E-state index contributed by atoms with van der Waals surface area (Å²) in [5.41, 5.74) is 4.24. The molecule has 3 aromatic rings. The fourth-order valence-corrected chi connectivity index (χ4v) is 2.53. The van der Waals surface area contributed by atoms with Crippen molar-refractivity contribution in [3.8, 4) is 5.75 Å². The monoisotopic (exact) mass is 349 g/mol. The van der Waals surface area contributed by atoms with E-state index in [0.717, 1.165) is 22.7 Å². The lowest BCUT2D eigenvalue weighted by molar-refractivity contribution is 0.242. The summed E-state index contributed by atoms with van der Waals surface area (Å²) < 4.78 is 5.64. The molecule has 2 aromatic carbocycles. The van der Waals surface area contributed by atoms with Gasteiger partial charge >= 0.3 is 0 Å². The van der Waals surface area contributed by atoms with E-state index >= 15 is 0 Å². The van der Waals surface area contributed by atoms with Crippen molar-refractivity contribution >= 4 is 23.1 Å². The Morgan fingerprint density at radius 3 is 2.42 bits per heavy atom. The van der Waals surface area contributed by atoms with E-state index in [4.69, 9.17) is 4.74 Å². The van der Waals surface area contributed by atoms with Crippen LogP contribution in [0.1, 0.15) is 25.0 Å². The van der Waals surface area contributed by atoms with Crippen molar-refractivity contribution in [1.29, 1.82) is 0 Å². The van der Waals surface area contributed by atoms with Gasteiger partial charge in [0.15, 0.2) is 5.82 Å². The highest BCUT2D eigenvalue weighted by molar-refractivity contribution is 5.62. The van der Waals surface area contributed by atoms with Crippen LogP contribution in [0.4, 0.5) is 23.1 Å². The number of hydrogen-bond donors (Lipinski definition) is 2. The lowest BCUT2D eigenvalue weighted by Crippen LogP contribution is -2.05. The van der Waals surface area contributed by atoms with Crippen LogP contribution in [-0.4, -0.2) is 21.3 Å². The molecule has 0 unspecified atom stereocenters. The molecule has 0 spiro atoms. The standard InChI is InChI=1S/C20H23N5O/c1-13(2)26-17-8-6-16(7-9-17)22-20-24-19(12-21-25-20)23-18-10-5-14(3)11-15(18)4/h5-13H,1-4H3,(H2,22,23,24,25). The predicted molar refractivity (Wildman–Crippen MR) is 105 cm³/mol. The first kappa shape index (κ1) is 17.7. The summed E-state index contributed by atoms with van der Waals surface area (Å²) >= 11 is 0. The van der Waals surface area contributed by atoms with Crippen LogP contribution in [0.15, 0.2) is 48.7 Å². The summed E-state index contributed by atoms with van der Waals surface area (Å²) in [6.07, 6.45) is 1.75. The molecule has 134 valence electrons. The minimum absolute atomic E-state index is 0.148. The molecule has 0 fully saturated rings. The highest BCUT2D eigenvalue weighted by Gasteiger charge is 2.05. The highest BCUT2D eigenvalue weighted by atomic mass is 16.5. The van der Waals surface area contributed by atoms with Crippen molar-refractivity contribution < 1.29 is 4.74 Å². The molecule has 0 amide bonds. The van der Waals surface area contributed by atoms with Gasteiger partial charge in [-0.1, -0.05) is 17.7 Å². The Hall–Kier alpha value is -3.15. The fraction of sp³-hybridized carbons (Fsp3) is 0.250. The first-order valence-corrected chi connectivity index (χ1v) is 8.57. The number of rotatable bonds is 6. The molecule has 6 heteroatoms. The molecule has 3 rings (SSSR count). The predicted octanol–water partition coefficient (Wildman–Crippen LogP) is 4.76. The van der Waals surface area contributed by atoms with E-state index in [1.165, 1.54) is 5.56 Å². The maximum absolute atomic E-state index is 5.64. The first-order valence-electron chi connectivity index (χ1n) is 8.57. The van der Waals surface area contributed by atoms with Gasteiger partial charge in [-0.15, -0.1) is 5.10 Å². The molecule has 0 radical (unpaired) electrons. The number of hydrogen-bond acceptors (Lipinski definition) is 6. The maximum Gasteiger partial charge on any atom is 0.249 e. The van der Waals surface area contributed by atoms with Crippen LogP contribution in [-0.2, 0) is 0 Å². The van der Waals surface area contributed by atoms with Gasteiger partial charge in [-0.25, -0.2) is 0 Å². The molecule has 0 saturated carbocycles. The summed E-state index contributed by atoms with van der Waals surface area (Å²) in [7, 11) is 0. The van der Waals surface area contributed by atoms with E-state index in [2.05, 4.69) is 51.8 Å². The average Bonchev–Trinajstić information content (AvgIpc) is 2.59. The van der Waals surface area contributed by atoms with Gasteiger partial charge in [0.1, 0.15) is 5.75 Å². The van der Waals surface area contributed by atoms with E-state index < -0.39 is 0 Å². The van der Waals surface area contributed by atoms with Crippen LogP contribution in [0, 0.1) is 13.8 Å². The Bertz CT molecular complexity index is 878. The van der Waals surface area contributed by atoms with Gasteiger partial charge in [0.25, 0.3) is 0 Å². The third kappa shape index (κ3) is 4.69. The van der Waals surface area contributed by atoms with Gasteiger partial charge in [-0.2, -0.15) is 10.1 Å². The molecule has 0 bridgehead atoms. The Balaban J connectivity index is 1.71. The van der Waals surface area contributed by atoms with Gasteiger partial charge < -0.3 is 15.4 Å². The minimum atomic E-state index is 0.148. The van der Waals surface area contributed by atoms with Gasteiger partial charge in [-0.05, 0) is 63.6 Å². The number of nitrogens with zero attached hydrogens (tertiary/aromatic N) is 3. The summed E-state index contributed by atoms with van der Waals surface area (Å²) in [4.78, 5) is 4.47. The zero-order valence-electron chi connectivity index (χ0n) is 15.4. The molecule has 6 nitrogen and oxygen atoms in total. The summed E-state index contributed by atoms with van der Waals surface area (Å²) in [6, 6.07) is 13.9. The van der Waals surface area contributed by atoms with E-state index in [0.29, 0.717) is 11.8 Å². The number of ether oxygens (including phenoxy) is 1. The van der Waals surface area contributed by atoms with Crippen LogP contribution < -0.4 is 15.4 Å². The molecule has 26 heavy (non-hydrogen) atoms. The van der Waals surface area contributed by atoms with Crippen LogP contribution in [0.25, 0.3) is 0 Å². The number of aromatic nitrogens is 3. The Morgan fingerprint density at radius 2 is 1.73 bits per heavy atom. The largest absolute Gasteiger partial charge is 0.491 e. The smallest absolute Gasteiger partial charge is 0.249 e. The lowest BCUT2D eigenvalue weighted by atomic mass is 10.1. The number of benzene rings is 2. The molecule has 2 N–H and O–H groups in total. The second-order valence-corrected chi connectivity index (χ2v) is 6.42. The quantitative estimate of drug-likeness (QED) is 0.668. The zero-order valence-corrected chi connectivity index (χ0v) is 15.4. The van der Waals surface area contributed by atoms with Gasteiger partial charge in [0.05, 0.1) is 12.3 Å². The summed E-state index contributed by atoms with van der Waals surface area (Å²) in [5, 5.41) is 14.5. The Kier molecular flexibility index (Phi) is 5.31. The average molecular weight is 349 g/mol. The minimum Gasteiger partial charge on any atom is -0.491 e. The molecule has 0 saturated heterocycles. The Labute approximate surface area is 153 Å². The van der Waals surface area contributed by atoms with Crippen LogP contribution in [0.5, 0.6) is 5.75 Å². The van der Waals surface area contributed by atoms with Crippen LogP contribution >= 0.6 is 0 Å². The molecule has 0 aliphatic carbocycles. The van der Waals surface area contributed by atoms with Crippen molar-refractivity contribution in [2.24, 2.45) is 0 Å². The van der Waals surface area contributed by atoms with Crippen molar-refractivity contribution in [2.45, 2.75) is 33.8 Å². The molecular formula is C20H23N5O. The molecular weight excluding hydrogens is 326 g/mol. The third-order valence-corrected chi connectivity index (χ3v) is 3.69. The first-order chi connectivity index (χ1) is 12.5. The molecule has 1 aromatic heterocycles. The summed E-state index contributed by atoms with van der Waals surface area (Å²) in [5.74, 6) is 1.89. The number of nitrogens with one attached hydrogen (secondary N) is 2. The lowest BCUT2D eigenvalue weighted by Gasteiger charge is -2.11. The van der Waals surface area contributed by atoms with Crippen molar-refractivity contribution in [3.05, 3.63) is 59.8 Å². The number of aryl methyl sites for hydroxylation is 2. The zero-order chi connectivity index (χ0) is 18.5. The van der Waals surface area contributed by atoms with E-state index in [1.807, 2.05) is 44.2 Å². The van der Waals surface area contributed by atoms with E-state index in [1.54, 1.807) is 6.20 Å². The summed E-state index contributed by atoms with van der Waals surface area (Å²) in [6.45, 7) is 8.13. The van der Waals surface area contributed by atoms with Crippen LogP contribution in [0.2, 0.25) is 0 Å². The maximum atomic E-state index is 5.64. The van der Waals surface area contributed by atoms with Gasteiger partial charge in [0, 0.05) is 11.4 Å². The SMILES string of the molecule is Cc1ccc(Nc2cnnc(Nc3ccc(OC(C)C)cc3)n2)c(C)c1. The molecule has 0 aliphatic heterocycles. The fourth-order valence-electron chi connectivity index (χ4n) is 2.53. The molecule has 0 aliphatic rings. The van der Waals surface area contributed by atoms with Crippen LogP contribution in [0.3, 0.4) is 0 Å². The third-order valence-electron chi connectivity index (χ3n) is 3.69. The van der Waals surface area contributed by atoms with Crippen molar-refractivity contribution in [2.75, 3.05) is 10.6 Å². The normalized spacial score (nSPS) is 10.7. The van der Waals surface area contributed by atoms with Crippen molar-refractivity contribution in [3.63, 3.8) is 0 Å². The number of anilines is 4. The second-order valence-electron chi connectivity index (χ2n) is 6.42. The van der Waals surface area contributed by atoms with E-state index in [-0.39, 0.29) is 6.10 Å². The van der Waals surface area contributed by atoms with Gasteiger partial charge in [-0.3, -0.25) is 0 Å². The van der Waals surface area contributed by atoms with Crippen molar-refractivity contribution in [1.82, 2.24) is 15.2 Å². The van der Waals surface area contributed by atoms with E-state index in [9.17, 15) is 0 Å².